The summed E-state index contributed by atoms with van der Waals surface area (Å²) in [6, 6.07) is 0. The van der Waals surface area contributed by atoms with Crippen LogP contribution in [0.25, 0.3) is 0 Å². The Labute approximate surface area is 292 Å². The van der Waals surface area contributed by atoms with Gasteiger partial charge in [0.15, 0.2) is 6.10 Å². The van der Waals surface area contributed by atoms with Crippen LogP contribution in [0.1, 0.15) is 136 Å². The first-order valence-corrected chi connectivity index (χ1v) is 19.6. The molecule has 0 aromatic carbocycles. The minimum absolute atomic E-state index is 0.200. The highest BCUT2D eigenvalue weighted by Crippen LogP contribution is 2.42. The predicted octanol–water partition coefficient (Wildman–Crippen LogP) is 11.0. The zero-order chi connectivity index (χ0) is 35.4. The van der Waals surface area contributed by atoms with Crippen LogP contribution in [-0.4, -0.2) is 43.3 Å². The number of allylic oxidation sites excluding steroid dienone is 12. The molecule has 48 heavy (non-hydrogen) atoms. The molecule has 0 radical (unpaired) electrons. The summed E-state index contributed by atoms with van der Waals surface area (Å²) in [5, 5.41) is 0. The van der Waals surface area contributed by atoms with Crippen molar-refractivity contribution in [2.24, 2.45) is 0 Å². The summed E-state index contributed by atoms with van der Waals surface area (Å²) in [6.07, 6.45) is 42.4. The maximum atomic E-state index is 12.4. The fourth-order valence-corrected chi connectivity index (χ4v) is 4.85. The summed E-state index contributed by atoms with van der Waals surface area (Å²) in [6.45, 7) is 3.64. The summed E-state index contributed by atoms with van der Waals surface area (Å²) in [5.74, 6) is -0.864. The Kier molecular flexibility index (Phi) is 32.6. The number of hydrogen-bond donors (Lipinski definition) is 1. The van der Waals surface area contributed by atoms with E-state index in [0.29, 0.717) is 6.42 Å². The van der Waals surface area contributed by atoms with E-state index in [2.05, 4.69) is 91.3 Å². The first-order chi connectivity index (χ1) is 23.3. The molecule has 0 aromatic rings. The van der Waals surface area contributed by atoms with Crippen LogP contribution in [-0.2, 0) is 32.7 Å². The number of carbonyl (C=O) groups excluding carboxylic acids is 2. The van der Waals surface area contributed by atoms with Crippen molar-refractivity contribution in [2.75, 3.05) is 20.3 Å². The largest absolute Gasteiger partial charge is 0.472 e. The highest BCUT2D eigenvalue weighted by Gasteiger charge is 2.24. The van der Waals surface area contributed by atoms with Gasteiger partial charge >= 0.3 is 19.8 Å². The normalized spacial score (nSPS) is 14.3. The Bertz CT molecular complexity index is 1010. The molecule has 0 amide bonds. The number of phosphoric ester groups is 1. The van der Waals surface area contributed by atoms with Crippen molar-refractivity contribution >= 4 is 19.8 Å². The Morgan fingerprint density at radius 2 is 1.06 bits per heavy atom. The molecule has 0 heterocycles. The van der Waals surface area contributed by atoms with Crippen LogP contribution in [0.2, 0.25) is 0 Å². The van der Waals surface area contributed by atoms with E-state index in [-0.39, 0.29) is 19.4 Å². The second-order valence-electron chi connectivity index (χ2n) is 11.6. The van der Waals surface area contributed by atoms with Gasteiger partial charge < -0.3 is 14.4 Å². The molecule has 0 fully saturated rings. The number of phosphoric acid groups is 1. The van der Waals surface area contributed by atoms with E-state index in [4.69, 9.17) is 14.0 Å². The van der Waals surface area contributed by atoms with Crippen molar-refractivity contribution in [1.29, 1.82) is 0 Å². The van der Waals surface area contributed by atoms with Crippen molar-refractivity contribution in [3.8, 4) is 0 Å². The highest BCUT2D eigenvalue weighted by atomic mass is 31.2. The molecule has 2 atom stereocenters. The molecule has 0 saturated carbocycles. The summed E-state index contributed by atoms with van der Waals surface area (Å²) in [4.78, 5) is 34.2. The zero-order valence-corrected chi connectivity index (χ0v) is 31.0. The lowest BCUT2D eigenvalue weighted by molar-refractivity contribution is -0.161. The number of hydrogen-bond acceptors (Lipinski definition) is 7. The fourth-order valence-electron chi connectivity index (χ4n) is 4.39. The Morgan fingerprint density at radius 3 is 1.62 bits per heavy atom. The summed E-state index contributed by atoms with van der Waals surface area (Å²) < 4.78 is 31.8. The van der Waals surface area contributed by atoms with E-state index >= 15 is 0 Å². The second kappa shape index (κ2) is 34.4. The number of carbonyl (C=O) groups is 2. The van der Waals surface area contributed by atoms with Gasteiger partial charge in [-0.2, -0.15) is 0 Å². The number of unbranched alkanes of at least 4 members (excludes halogenated alkanes) is 9. The minimum Gasteiger partial charge on any atom is -0.462 e. The molecule has 8 nitrogen and oxygen atoms in total. The van der Waals surface area contributed by atoms with E-state index in [0.717, 1.165) is 103 Å². The van der Waals surface area contributed by atoms with Gasteiger partial charge in [-0.15, -0.1) is 0 Å². The van der Waals surface area contributed by atoms with E-state index in [1.165, 1.54) is 6.42 Å². The average Bonchev–Trinajstić information content (AvgIpc) is 3.07. The van der Waals surface area contributed by atoms with Crippen molar-refractivity contribution in [2.45, 2.75) is 142 Å². The Balaban J connectivity index is 4.17. The van der Waals surface area contributed by atoms with Gasteiger partial charge in [-0.1, -0.05) is 119 Å². The van der Waals surface area contributed by atoms with Gasteiger partial charge in [0.2, 0.25) is 0 Å². The van der Waals surface area contributed by atoms with Gasteiger partial charge in [0.05, 0.1) is 6.61 Å². The number of esters is 2. The van der Waals surface area contributed by atoms with E-state index in [1.807, 2.05) is 0 Å². The molecule has 0 aliphatic heterocycles. The molecule has 2 unspecified atom stereocenters. The molecule has 0 spiro atoms. The quantitative estimate of drug-likeness (QED) is 0.0321. The summed E-state index contributed by atoms with van der Waals surface area (Å²) in [5.41, 5.74) is 0. The topological polar surface area (TPSA) is 108 Å². The van der Waals surface area contributed by atoms with Gasteiger partial charge in [0, 0.05) is 20.0 Å². The molecule has 0 rings (SSSR count). The van der Waals surface area contributed by atoms with Crippen LogP contribution in [0.3, 0.4) is 0 Å². The molecule has 274 valence electrons. The van der Waals surface area contributed by atoms with Crippen molar-refractivity contribution in [3.05, 3.63) is 72.9 Å². The Morgan fingerprint density at radius 1 is 0.604 bits per heavy atom. The van der Waals surface area contributed by atoms with Crippen LogP contribution < -0.4 is 0 Å². The van der Waals surface area contributed by atoms with E-state index in [1.54, 1.807) is 0 Å². The van der Waals surface area contributed by atoms with Gasteiger partial charge in [-0.3, -0.25) is 18.6 Å². The molecule has 0 aromatic heterocycles. The molecular formula is C39H65O8P. The molecule has 0 aliphatic carbocycles. The van der Waals surface area contributed by atoms with Gasteiger partial charge in [-0.05, 0) is 77.0 Å². The van der Waals surface area contributed by atoms with Gasteiger partial charge in [-0.25, -0.2) is 4.57 Å². The first-order valence-electron chi connectivity index (χ1n) is 18.1. The molecule has 1 N–H and O–H groups in total. The SMILES string of the molecule is CC/C=C\C/C=C\C/C=C\C/C=C\C/C=C\CCCCCC(=O)OC(COC(=O)CCCCCCC/C=C\CCC)COP(=O)(O)OC. The van der Waals surface area contributed by atoms with Gasteiger partial charge in [0.25, 0.3) is 0 Å². The lowest BCUT2D eigenvalue weighted by Crippen LogP contribution is -2.29. The minimum atomic E-state index is -4.27. The Hall–Kier alpha value is -2.51. The molecule has 0 bridgehead atoms. The standard InChI is InChI=1S/C39H65O8P/c1-4-6-8-10-12-14-16-17-18-19-20-21-22-23-24-26-28-30-32-34-39(41)47-37(36-46-48(42,43)44-3)35-45-38(40)33-31-29-27-25-15-13-11-9-7-5-2/h6,8-9,11-12,14,17-18,20-21,23-24,37H,4-5,7,10,13,15-16,19,22,25-36H2,1-3H3,(H,42,43)/b8-6-,11-9-,14-12-,18-17-,21-20-,24-23-. The van der Waals surface area contributed by atoms with Crippen LogP contribution >= 0.6 is 7.82 Å². The second-order valence-corrected chi connectivity index (χ2v) is 13.2. The monoisotopic (exact) mass is 692 g/mol. The highest BCUT2D eigenvalue weighted by molar-refractivity contribution is 7.47. The van der Waals surface area contributed by atoms with Crippen LogP contribution in [0.4, 0.5) is 0 Å². The molecular weight excluding hydrogens is 627 g/mol. The number of rotatable bonds is 32. The smallest absolute Gasteiger partial charge is 0.462 e. The maximum absolute atomic E-state index is 12.4. The van der Waals surface area contributed by atoms with Crippen molar-refractivity contribution < 1.29 is 37.6 Å². The van der Waals surface area contributed by atoms with Crippen LogP contribution in [0, 0.1) is 0 Å². The van der Waals surface area contributed by atoms with E-state index < -0.39 is 32.5 Å². The third kappa shape index (κ3) is 33.4. The van der Waals surface area contributed by atoms with Crippen LogP contribution in [0.5, 0.6) is 0 Å². The van der Waals surface area contributed by atoms with Crippen molar-refractivity contribution in [1.82, 2.24) is 0 Å². The third-order valence-corrected chi connectivity index (χ3v) is 8.10. The fraction of sp³-hybridized carbons (Fsp3) is 0.641. The predicted molar refractivity (Wildman–Crippen MR) is 198 cm³/mol. The third-order valence-electron chi connectivity index (χ3n) is 7.17. The van der Waals surface area contributed by atoms with Crippen LogP contribution in [0.15, 0.2) is 72.9 Å². The first kappa shape index (κ1) is 45.5. The molecule has 9 heteroatoms. The molecule has 0 aliphatic rings. The van der Waals surface area contributed by atoms with E-state index in [9.17, 15) is 19.0 Å². The lowest BCUT2D eigenvalue weighted by Gasteiger charge is -2.19. The lowest BCUT2D eigenvalue weighted by atomic mass is 10.1. The van der Waals surface area contributed by atoms with Gasteiger partial charge in [0.1, 0.15) is 6.61 Å². The van der Waals surface area contributed by atoms with Crippen molar-refractivity contribution in [3.63, 3.8) is 0 Å². The maximum Gasteiger partial charge on any atom is 0.472 e. The summed E-state index contributed by atoms with van der Waals surface area (Å²) >= 11 is 0. The zero-order valence-electron chi connectivity index (χ0n) is 30.1. The number of ether oxygens (including phenoxy) is 2. The summed E-state index contributed by atoms with van der Waals surface area (Å²) in [7, 11) is -3.22. The average molecular weight is 693 g/mol. The molecule has 0 saturated heterocycles.